The molecule has 0 bridgehead atoms. The van der Waals surface area contributed by atoms with Crippen molar-refractivity contribution in [1.29, 1.82) is 0 Å². The molecule has 1 fully saturated rings. The number of rotatable bonds is 10. The van der Waals surface area contributed by atoms with E-state index in [0.717, 1.165) is 47.4 Å². The molecule has 6 rings (SSSR count). The molecule has 2 N–H and O–H groups in total. The summed E-state index contributed by atoms with van der Waals surface area (Å²) in [4.78, 5) is 28.4. The molecule has 9 heteroatoms. The van der Waals surface area contributed by atoms with Gasteiger partial charge in [0, 0.05) is 48.6 Å². The topological polar surface area (TPSA) is 110 Å². The zero-order chi connectivity index (χ0) is 31.2. The van der Waals surface area contributed by atoms with Gasteiger partial charge in [-0.15, -0.1) is 0 Å². The fourth-order valence-electron chi connectivity index (χ4n) is 5.56. The maximum Gasteiger partial charge on any atom is 0.275 e. The van der Waals surface area contributed by atoms with Crippen molar-refractivity contribution in [2.75, 3.05) is 25.5 Å². The molecular formula is C36H37N5O4. The zero-order valence-electron chi connectivity index (χ0n) is 25.4. The number of likely N-dealkylation sites (N-methyl/N-ethyl adjacent to an activating group) is 1. The summed E-state index contributed by atoms with van der Waals surface area (Å²) in [6.45, 7) is 3.72. The number of carbonyl (C=O) groups excluding carboxylic acids is 1. The number of carbonyl (C=O) groups is 1. The molecule has 1 aliphatic heterocycles. The van der Waals surface area contributed by atoms with Crippen molar-refractivity contribution in [3.05, 3.63) is 131 Å². The van der Waals surface area contributed by atoms with E-state index in [0.29, 0.717) is 11.2 Å². The smallest absolute Gasteiger partial charge is 0.275 e. The largest absolute Gasteiger partial charge is 0.392 e. The number of anilines is 1. The number of aliphatic hydroxyl groups excluding tert-OH is 1. The summed E-state index contributed by atoms with van der Waals surface area (Å²) in [7, 11) is 2.10. The minimum Gasteiger partial charge on any atom is -0.392 e. The molecule has 1 saturated heterocycles. The summed E-state index contributed by atoms with van der Waals surface area (Å²) in [5, 5.41) is 12.5. The number of ether oxygens (including phenoxy) is 2. The number of fused-ring (bicyclic) bond motifs is 1. The average molecular weight is 604 g/mol. The van der Waals surface area contributed by atoms with E-state index in [1.807, 2.05) is 97.2 Å². The van der Waals surface area contributed by atoms with Gasteiger partial charge in [-0.3, -0.25) is 14.8 Å². The molecule has 4 unspecified atom stereocenters. The number of nitrogens with zero attached hydrogens (tertiary/aromatic N) is 4. The van der Waals surface area contributed by atoms with Crippen molar-refractivity contribution < 1.29 is 19.4 Å². The minimum absolute atomic E-state index is 0.00683. The maximum absolute atomic E-state index is 12.9. The molecule has 4 atom stereocenters. The predicted octanol–water partition coefficient (Wildman–Crippen LogP) is 5.74. The molecule has 0 radical (unpaired) electrons. The highest BCUT2D eigenvalue weighted by molar-refractivity contribution is 6.03. The first kappa shape index (κ1) is 30.5. The normalized spacial score (nSPS) is 19.9. The van der Waals surface area contributed by atoms with Gasteiger partial charge in [0.25, 0.3) is 5.91 Å². The van der Waals surface area contributed by atoms with Gasteiger partial charge in [-0.05, 0) is 54.6 Å². The summed E-state index contributed by atoms with van der Waals surface area (Å²) in [5.41, 5.74) is 6.08. The fourth-order valence-corrected chi connectivity index (χ4v) is 5.56. The van der Waals surface area contributed by atoms with Crippen LogP contribution in [0.25, 0.3) is 11.0 Å². The van der Waals surface area contributed by atoms with Crippen LogP contribution in [0.15, 0.2) is 103 Å². The van der Waals surface area contributed by atoms with Crippen LogP contribution in [0, 0.1) is 5.92 Å². The molecule has 1 aliphatic rings. The highest BCUT2D eigenvalue weighted by Gasteiger charge is 2.38. The first-order valence-electron chi connectivity index (χ1n) is 15.2. The number of amides is 1. The lowest BCUT2D eigenvalue weighted by atomic mass is 9.90. The van der Waals surface area contributed by atoms with Crippen LogP contribution in [0.4, 0.5) is 5.69 Å². The number of hydrogen-bond donors (Lipinski definition) is 2. The highest BCUT2D eigenvalue weighted by Crippen LogP contribution is 2.42. The molecule has 0 saturated carbocycles. The number of hydrogen-bond acceptors (Lipinski definition) is 8. The van der Waals surface area contributed by atoms with Gasteiger partial charge in [-0.25, -0.2) is 4.98 Å². The van der Waals surface area contributed by atoms with Crippen molar-refractivity contribution in [2.45, 2.75) is 38.4 Å². The summed E-state index contributed by atoms with van der Waals surface area (Å²) < 4.78 is 13.2. The first-order valence-corrected chi connectivity index (χ1v) is 15.2. The van der Waals surface area contributed by atoms with E-state index in [2.05, 4.69) is 39.1 Å². The fraction of sp³-hybridized carbons (Fsp3) is 0.278. The van der Waals surface area contributed by atoms with Gasteiger partial charge in [0.1, 0.15) is 5.69 Å². The molecule has 0 spiro atoms. The Balaban J connectivity index is 1.17. The third-order valence-corrected chi connectivity index (χ3v) is 8.21. The Morgan fingerprint density at radius 2 is 1.62 bits per heavy atom. The summed E-state index contributed by atoms with van der Waals surface area (Å²) in [6, 6.07) is 28.8. The molecule has 1 amide bonds. The van der Waals surface area contributed by atoms with Gasteiger partial charge in [-0.2, -0.15) is 0 Å². The number of aliphatic hydroxyl groups is 1. The second kappa shape index (κ2) is 14.0. The zero-order valence-corrected chi connectivity index (χ0v) is 25.4. The van der Waals surface area contributed by atoms with Crippen LogP contribution in [-0.4, -0.2) is 57.1 Å². The Hall–Kier alpha value is -4.54. The Morgan fingerprint density at radius 1 is 0.889 bits per heavy atom. The number of pyridine rings is 1. The van der Waals surface area contributed by atoms with Crippen LogP contribution in [0.5, 0.6) is 0 Å². The predicted molar refractivity (Wildman–Crippen MR) is 172 cm³/mol. The van der Waals surface area contributed by atoms with Gasteiger partial charge in [0.15, 0.2) is 6.29 Å². The lowest BCUT2D eigenvalue weighted by molar-refractivity contribution is -0.275. The molecule has 0 aliphatic carbocycles. The van der Waals surface area contributed by atoms with Crippen LogP contribution >= 0.6 is 0 Å². The van der Waals surface area contributed by atoms with E-state index in [9.17, 15) is 9.90 Å². The van der Waals surface area contributed by atoms with Crippen molar-refractivity contribution >= 4 is 22.6 Å². The molecule has 230 valence electrons. The molecule has 45 heavy (non-hydrogen) atoms. The van der Waals surface area contributed by atoms with Crippen molar-refractivity contribution in [3.8, 4) is 0 Å². The third-order valence-electron chi connectivity index (χ3n) is 8.21. The van der Waals surface area contributed by atoms with Crippen molar-refractivity contribution in [1.82, 2.24) is 19.9 Å². The second-order valence-electron chi connectivity index (χ2n) is 11.5. The highest BCUT2D eigenvalue weighted by atomic mass is 16.7. The number of benzene rings is 3. The molecule has 3 aromatic carbocycles. The SMILES string of the molecule is CC1C(CN(C)CCc2ccccn2)OC(c2ccc(NC(=O)c3cnc4ccccc4n3)cc2)OC1c1ccc(CO)cc1. The minimum atomic E-state index is -0.603. The molecule has 5 aromatic rings. The van der Waals surface area contributed by atoms with Crippen molar-refractivity contribution in [2.24, 2.45) is 5.92 Å². The summed E-state index contributed by atoms with van der Waals surface area (Å²) >= 11 is 0. The monoisotopic (exact) mass is 603 g/mol. The Labute approximate surface area is 262 Å². The summed E-state index contributed by atoms with van der Waals surface area (Å²) in [5.74, 6) is -0.264. The lowest BCUT2D eigenvalue weighted by Crippen LogP contribution is -2.43. The van der Waals surface area contributed by atoms with Crippen LogP contribution in [0.2, 0.25) is 0 Å². The number of para-hydroxylation sites is 2. The van der Waals surface area contributed by atoms with E-state index < -0.39 is 6.29 Å². The third kappa shape index (κ3) is 7.41. The quantitative estimate of drug-likeness (QED) is 0.208. The first-order chi connectivity index (χ1) is 22.0. The van der Waals surface area contributed by atoms with E-state index in [1.54, 1.807) is 0 Å². The van der Waals surface area contributed by atoms with E-state index in [-0.39, 0.29) is 36.3 Å². The Bertz CT molecular complexity index is 1720. The molecule has 3 heterocycles. The second-order valence-corrected chi connectivity index (χ2v) is 11.5. The maximum atomic E-state index is 12.9. The number of aromatic nitrogens is 3. The van der Waals surface area contributed by atoms with Crippen LogP contribution in [0.1, 0.15) is 52.2 Å². The standard InChI is InChI=1S/C36H37N5O4/c1-24-33(22-41(2)20-18-28-7-5-6-19-37-28)44-36(45-34(24)26-12-10-25(23-42)11-13-26)27-14-16-29(17-15-27)39-35(43)32-21-38-30-8-3-4-9-31(30)40-32/h3-17,19,21,24,33-34,36,42H,18,20,22-23H2,1-2H3,(H,39,43). The van der Waals surface area contributed by atoms with E-state index in [1.165, 1.54) is 6.20 Å². The Kier molecular flexibility index (Phi) is 9.52. The van der Waals surface area contributed by atoms with Gasteiger partial charge >= 0.3 is 0 Å². The van der Waals surface area contributed by atoms with Gasteiger partial charge in [-0.1, -0.05) is 61.5 Å². The average Bonchev–Trinajstić information content (AvgIpc) is 3.09. The van der Waals surface area contributed by atoms with Crippen molar-refractivity contribution in [3.63, 3.8) is 0 Å². The number of nitrogens with one attached hydrogen (secondary N) is 1. The van der Waals surface area contributed by atoms with Gasteiger partial charge < -0.3 is 24.8 Å². The van der Waals surface area contributed by atoms with Gasteiger partial charge in [0.2, 0.25) is 0 Å². The molecular weight excluding hydrogens is 566 g/mol. The molecule has 2 aromatic heterocycles. The lowest BCUT2D eigenvalue weighted by Gasteiger charge is -2.42. The summed E-state index contributed by atoms with van der Waals surface area (Å²) in [6.07, 6.45) is 3.24. The van der Waals surface area contributed by atoms with Crippen LogP contribution in [-0.2, 0) is 22.5 Å². The Morgan fingerprint density at radius 3 is 2.36 bits per heavy atom. The van der Waals surface area contributed by atoms with Crippen LogP contribution in [0.3, 0.4) is 0 Å². The van der Waals surface area contributed by atoms with E-state index in [4.69, 9.17) is 9.47 Å². The van der Waals surface area contributed by atoms with Crippen LogP contribution < -0.4 is 5.32 Å². The van der Waals surface area contributed by atoms with E-state index >= 15 is 0 Å². The van der Waals surface area contributed by atoms with Gasteiger partial charge in [0.05, 0.1) is 36.0 Å². The molecule has 9 nitrogen and oxygen atoms in total.